The van der Waals surface area contributed by atoms with Crippen molar-refractivity contribution in [2.45, 2.75) is 12.8 Å². The molecule has 0 spiro atoms. The van der Waals surface area contributed by atoms with Gasteiger partial charge in [-0.2, -0.15) is 0 Å². The van der Waals surface area contributed by atoms with Gasteiger partial charge in [0.25, 0.3) is 0 Å². The molecule has 0 saturated heterocycles. The summed E-state index contributed by atoms with van der Waals surface area (Å²) in [6.07, 6.45) is 2.83. The van der Waals surface area contributed by atoms with Crippen LogP contribution in [0.3, 0.4) is 0 Å². The van der Waals surface area contributed by atoms with Gasteiger partial charge < -0.3 is 9.84 Å². The van der Waals surface area contributed by atoms with Crippen molar-refractivity contribution in [1.82, 2.24) is 0 Å². The second-order valence-electron chi connectivity index (χ2n) is 2.38. The summed E-state index contributed by atoms with van der Waals surface area (Å²) in [6.45, 7) is 7.95. The third kappa shape index (κ3) is 5.68. The van der Waals surface area contributed by atoms with Crippen LogP contribution in [-0.2, 0) is 9.53 Å². The minimum Gasteiger partial charge on any atom is -0.478 e. The largest absolute Gasteiger partial charge is 0.478 e. The van der Waals surface area contributed by atoms with E-state index in [1.165, 1.54) is 0 Å². The molecule has 0 aromatic heterocycles. The maximum absolute atomic E-state index is 10.3. The highest BCUT2D eigenvalue weighted by molar-refractivity contribution is 5.85. The van der Waals surface area contributed by atoms with Crippen LogP contribution in [0.5, 0.6) is 0 Å². The first kappa shape index (κ1) is 10.9. The summed E-state index contributed by atoms with van der Waals surface area (Å²) in [4.78, 5) is 10.3. The predicted octanol–water partition coefficient (Wildman–Crippen LogP) is 1.61. The van der Waals surface area contributed by atoms with Crippen molar-refractivity contribution in [2.24, 2.45) is 0 Å². The molecule has 1 N–H and O–H groups in total. The summed E-state index contributed by atoms with van der Waals surface area (Å²) < 4.78 is 5.06. The van der Waals surface area contributed by atoms with Crippen LogP contribution in [0.25, 0.3) is 0 Å². The molecule has 3 nitrogen and oxygen atoms in total. The molecule has 0 rings (SSSR count). The molecule has 0 aliphatic rings. The molecule has 68 valence electrons. The zero-order valence-electron chi connectivity index (χ0n) is 7.08. The van der Waals surface area contributed by atoms with Gasteiger partial charge in [0, 0.05) is 12.2 Å². The Morgan fingerprint density at radius 1 is 1.58 bits per heavy atom. The highest BCUT2D eigenvalue weighted by Gasteiger charge is 2.01. The van der Waals surface area contributed by atoms with Gasteiger partial charge in [-0.15, -0.1) is 6.58 Å². The standard InChI is InChI=1S/C9H14O3/c1-3-6-12-7-4-5-8(2)9(10)11/h3H,1-2,4-7H2,(H,10,11). The van der Waals surface area contributed by atoms with Gasteiger partial charge in [-0.05, 0) is 12.8 Å². The van der Waals surface area contributed by atoms with Crippen LogP contribution < -0.4 is 0 Å². The molecule has 0 amide bonds. The third-order valence-corrected chi connectivity index (χ3v) is 1.31. The molecule has 0 heterocycles. The predicted molar refractivity (Wildman–Crippen MR) is 47.0 cm³/mol. The number of hydrogen-bond acceptors (Lipinski definition) is 2. The maximum atomic E-state index is 10.3. The van der Waals surface area contributed by atoms with E-state index >= 15 is 0 Å². The topological polar surface area (TPSA) is 46.5 Å². The molecule has 0 radical (unpaired) electrons. The van der Waals surface area contributed by atoms with Gasteiger partial charge in [0.2, 0.25) is 0 Å². The van der Waals surface area contributed by atoms with Gasteiger partial charge in [-0.3, -0.25) is 0 Å². The summed E-state index contributed by atoms with van der Waals surface area (Å²) in [5.74, 6) is -0.932. The lowest BCUT2D eigenvalue weighted by Crippen LogP contribution is -2.01. The van der Waals surface area contributed by atoms with Gasteiger partial charge >= 0.3 is 5.97 Å². The Kier molecular flexibility index (Phi) is 6.01. The fourth-order valence-corrected chi connectivity index (χ4v) is 0.661. The minimum atomic E-state index is -0.932. The van der Waals surface area contributed by atoms with E-state index in [2.05, 4.69) is 13.2 Å². The Balaban J connectivity index is 3.25. The molecule has 0 fully saturated rings. The lowest BCUT2D eigenvalue weighted by Gasteiger charge is -2.00. The Morgan fingerprint density at radius 3 is 2.75 bits per heavy atom. The number of rotatable bonds is 7. The Hall–Kier alpha value is -1.09. The number of aliphatic carboxylic acids is 1. The van der Waals surface area contributed by atoms with E-state index in [1.54, 1.807) is 6.08 Å². The van der Waals surface area contributed by atoms with Crippen LogP contribution in [0.1, 0.15) is 12.8 Å². The van der Waals surface area contributed by atoms with Crippen molar-refractivity contribution in [3.63, 3.8) is 0 Å². The van der Waals surface area contributed by atoms with E-state index in [9.17, 15) is 4.79 Å². The molecule has 0 unspecified atom stereocenters. The van der Waals surface area contributed by atoms with E-state index in [0.717, 1.165) is 0 Å². The maximum Gasteiger partial charge on any atom is 0.330 e. The number of hydrogen-bond donors (Lipinski definition) is 1. The molecule has 0 atom stereocenters. The van der Waals surface area contributed by atoms with Crippen molar-refractivity contribution in [2.75, 3.05) is 13.2 Å². The Labute approximate surface area is 72.3 Å². The normalized spacial score (nSPS) is 9.33. The molecule has 0 saturated carbocycles. The van der Waals surface area contributed by atoms with Crippen LogP contribution in [0.15, 0.2) is 24.8 Å². The van der Waals surface area contributed by atoms with E-state index < -0.39 is 5.97 Å². The van der Waals surface area contributed by atoms with Gasteiger partial charge in [-0.25, -0.2) is 4.79 Å². The van der Waals surface area contributed by atoms with Gasteiger partial charge in [0.1, 0.15) is 0 Å². The van der Waals surface area contributed by atoms with Crippen LogP contribution >= 0.6 is 0 Å². The van der Waals surface area contributed by atoms with E-state index in [0.29, 0.717) is 26.1 Å². The molecule has 0 aromatic carbocycles. The Bertz CT molecular complexity index is 173. The van der Waals surface area contributed by atoms with E-state index in [4.69, 9.17) is 9.84 Å². The molecule has 3 heteroatoms. The molecule has 0 aliphatic carbocycles. The SMILES string of the molecule is C=CCOCCCC(=C)C(=O)O. The number of carboxylic acid groups (broad SMARTS) is 1. The van der Waals surface area contributed by atoms with Crippen molar-refractivity contribution in [1.29, 1.82) is 0 Å². The monoisotopic (exact) mass is 170 g/mol. The Morgan fingerprint density at radius 2 is 2.25 bits per heavy atom. The molecule has 0 bridgehead atoms. The smallest absolute Gasteiger partial charge is 0.330 e. The second-order valence-corrected chi connectivity index (χ2v) is 2.38. The van der Waals surface area contributed by atoms with Crippen molar-refractivity contribution >= 4 is 5.97 Å². The first-order chi connectivity index (χ1) is 5.68. The highest BCUT2D eigenvalue weighted by Crippen LogP contribution is 2.01. The number of carboxylic acids is 1. The van der Waals surface area contributed by atoms with Crippen LogP contribution in [-0.4, -0.2) is 24.3 Å². The molecular formula is C9H14O3. The number of ether oxygens (including phenoxy) is 1. The quantitative estimate of drug-likeness (QED) is 0.358. The van der Waals surface area contributed by atoms with Crippen LogP contribution in [0, 0.1) is 0 Å². The molecule has 0 aromatic rings. The van der Waals surface area contributed by atoms with Crippen LogP contribution in [0.4, 0.5) is 0 Å². The fourth-order valence-electron chi connectivity index (χ4n) is 0.661. The highest BCUT2D eigenvalue weighted by atomic mass is 16.5. The average Bonchev–Trinajstić information content (AvgIpc) is 2.03. The minimum absolute atomic E-state index is 0.234. The van der Waals surface area contributed by atoms with Gasteiger partial charge in [0.05, 0.1) is 6.61 Å². The molecular weight excluding hydrogens is 156 g/mol. The summed E-state index contributed by atoms with van der Waals surface area (Å²) in [7, 11) is 0. The van der Waals surface area contributed by atoms with E-state index in [1.807, 2.05) is 0 Å². The zero-order chi connectivity index (χ0) is 9.40. The average molecular weight is 170 g/mol. The fraction of sp³-hybridized carbons (Fsp3) is 0.444. The van der Waals surface area contributed by atoms with Crippen molar-refractivity contribution < 1.29 is 14.6 Å². The lowest BCUT2D eigenvalue weighted by atomic mass is 10.2. The first-order valence-electron chi connectivity index (χ1n) is 3.78. The van der Waals surface area contributed by atoms with Crippen LogP contribution in [0.2, 0.25) is 0 Å². The lowest BCUT2D eigenvalue weighted by molar-refractivity contribution is -0.132. The second kappa shape index (κ2) is 6.61. The third-order valence-electron chi connectivity index (χ3n) is 1.31. The zero-order valence-corrected chi connectivity index (χ0v) is 7.08. The van der Waals surface area contributed by atoms with Gasteiger partial charge in [-0.1, -0.05) is 12.7 Å². The van der Waals surface area contributed by atoms with Gasteiger partial charge in [0.15, 0.2) is 0 Å². The summed E-state index contributed by atoms with van der Waals surface area (Å²) in [5.41, 5.74) is 0.234. The molecule has 12 heavy (non-hydrogen) atoms. The first-order valence-corrected chi connectivity index (χ1v) is 3.78. The van der Waals surface area contributed by atoms with Crippen molar-refractivity contribution in [3.8, 4) is 0 Å². The van der Waals surface area contributed by atoms with E-state index in [-0.39, 0.29) is 5.57 Å². The number of carbonyl (C=O) groups is 1. The summed E-state index contributed by atoms with van der Waals surface area (Å²) in [5, 5.41) is 8.43. The molecule has 0 aliphatic heterocycles. The summed E-state index contributed by atoms with van der Waals surface area (Å²) in [6, 6.07) is 0. The van der Waals surface area contributed by atoms with Crippen molar-refractivity contribution in [3.05, 3.63) is 24.8 Å². The summed E-state index contributed by atoms with van der Waals surface area (Å²) >= 11 is 0.